The minimum absolute atomic E-state index is 0.0696. The number of carbonyl (C=O) groups is 2. The number of rotatable bonds is 6. The van der Waals surface area contributed by atoms with E-state index in [1.165, 1.54) is 10.4 Å². The molecule has 0 radical (unpaired) electrons. The Labute approximate surface area is 163 Å². The lowest BCUT2D eigenvalue weighted by Gasteiger charge is -2.30. The fourth-order valence-corrected chi connectivity index (χ4v) is 4.53. The topological polar surface area (TPSA) is 61.4 Å². The van der Waals surface area contributed by atoms with E-state index < -0.39 is 0 Å². The number of benzene rings is 1. The summed E-state index contributed by atoms with van der Waals surface area (Å²) in [6.45, 7) is 4.29. The number of fused-ring (bicyclic) bond motifs is 1. The van der Waals surface area contributed by atoms with E-state index >= 15 is 0 Å². The van der Waals surface area contributed by atoms with Gasteiger partial charge in [-0.1, -0.05) is 19.1 Å². The lowest BCUT2D eigenvalue weighted by molar-refractivity contribution is -0.122. The average molecular weight is 384 g/mol. The van der Waals surface area contributed by atoms with E-state index in [2.05, 4.69) is 40.0 Å². The second kappa shape index (κ2) is 7.72. The molecule has 1 aromatic carbocycles. The predicted molar refractivity (Wildman–Crippen MR) is 109 cm³/mol. The zero-order chi connectivity index (χ0) is 18.8. The van der Waals surface area contributed by atoms with Crippen LogP contribution in [0, 0.1) is 11.8 Å². The van der Waals surface area contributed by atoms with E-state index in [1.54, 1.807) is 0 Å². The molecule has 6 heteroatoms. The second-order valence-corrected chi connectivity index (χ2v) is 8.47. The van der Waals surface area contributed by atoms with Crippen molar-refractivity contribution in [3.8, 4) is 0 Å². The zero-order valence-corrected chi connectivity index (χ0v) is 16.3. The van der Waals surface area contributed by atoms with E-state index in [4.69, 9.17) is 0 Å². The van der Waals surface area contributed by atoms with Crippen LogP contribution in [0.15, 0.2) is 35.7 Å². The van der Waals surface area contributed by atoms with Gasteiger partial charge in [0.25, 0.3) is 0 Å². The highest BCUT2D eigenvalue weighted by atomic mass is 32.1. The number of thiophene rings is 1. The van der Waals surface area contributed by atoms with Crippen LogP contribution in [-0.4, -0.2) is 24.9 Å². The van der Waals surface area contributed by atoms with Gasteiger partial charge < -0.3 is 15.5 Å². The van der Waals surface area contributed by atoms with E-state index in [0.717, 1.165) is 37.3 Å². The van der Waals surface area contributed by atoms with Gasteiger partial charge in [-0.05, 0) is 47.9 Å². The van der Waals surface area contributed by atoms with Crippen LogP contribution in [0.5, 0.6) is 0 Å². The van der Waals surface area contributed by atoms with E-state index in [1.807, 2.05) is 29.5 Å². The summed E-state index contributed by atoms with van der Waals surface area (Å²) < 4.78 is 0. The number of carbonyl (C=O) groups excluding carboxylic acids is 2. The van der Waals surface area contributed by atoms with Crippen LogP contribution in [0.4, 0.5) is 11.4 Å². The van der Waals surface area contributed by atoms with Gasteiger partial charge in [-0.3, -0.25) is 9.59 Å². The molecule has 2 aliphatic rings. The summed E-state index contributed by atoms with van der Waals surface area (Å²) in [5.74, 6) is 0.643. The van der Waals surface area contributed by atoms with Gasteiger partial charge in [0.15, 0.2) is 0 Å². The first kappa shape index (κ1) is 18.0. The molecule has 2 N–H and O–H groups in total. The minimum Gasteiger partial charge on any atom is -0.365 e. The molecule has 5 nitrogen and oxygen atoms in total. The maximum atomic E-state index is 12.4. The molecule has 1 fully saturated rings. The third kappa shape index (κ3) is 4.16. The molecule has 0 bridgehead atoms. The quantitative estimate of drug-likeness (QED) is 0.804. The van der Waals surface area contributed by atoms with Gasteiger partial charge in [0, 0.05) is 36.9 Å². The van der Waals surface area contributed by atoms with Gasteiger partial charge >= 0.3 is 0 Å². The fraction of sp³-hybridized carbons (Fsp3) is 0.429. The molecule has 1 aliphatic heterocycles. The first-order chi connectivity index (χ1) is 13.1. The molecule has 4 rings (SSSR count). The minimum atomic E-state index is -0.0696. The smallest absolute Gasteiger partial charge is 0.226 e. The molecule has 1 aromatic heterocycles. The largest absolute Gasteiger partial charge is 0.365 e. The lowest BCUT2D eigenvalue weighted by atomic mass is 10.1. The monoisotopic (exact) mass is 383 g/mol. The molecule has 0 unspecified atom stereocenters. The Hall–Kier alpha value is -2.34. The van der Waals surface area contributed by atoms with Crippen molar-refractivity contribution in [2.45, 2.75) is 32.7 Å². The predicted octanol–water partition coefficient (Wildman–Crippen LogP) is 3.41. The first-order valence-corrected chi connectivity index (χ1v) is 10.5. The van der Waals surface area contributed by atoms with Gasteiger partial charge in [-0.15, -0.1) is 11.3 Å². The summed E-state index contributed by atoms with van der Waals surface area (Å²) in [6.07, 6.45) is 2.30. The molecular weight excluding hydrogens is 358 g/mol. The van der Waals surface area contributed by atoms with Crippen LogP contribution < -0.4 is 15.5 Å². The van der Waals surface area contributed by atoms with E-state index in [9.17, 15) is 9.59 Å². The SMILES string of the molecule is C[C@H]1C[C@@H]1C(=O)NCCC(=O)Nc1ccccc1N1CCc2sccc2C1. The van der Waals surface area contributed by atoms with Gasteiger partial charge in [-0.25, -0.2) is 0 Å². The molecule has 1 saturated carbocycles. The number of hydrogen-bond acceptors (Lipinski definition) is 4. The molecule has 142 valence electrons. The third-order valence-electron chi connectivity index (χ3n) is 5.42. The molecule has 27 heavy (non-hydrogen) atoms. The maximum absolute atomic E-state index is 12.4. The van der Waals surface area contributed by atoms with Crippen LogP contribution in [0.2, 0.25) is 0 Å². The summed E-state index contributed by atoms with van der Waals surface area (Å²) in [4.78, 5) is 28.0. The van der Waals surface area contributed by atoms with Crippen molar-refractivity contribution in [3.05, 3.63) is 46.2 Å². The lowest BCUT2D eigenvalue weighted by Crippen LogP contribution is -2.31. The van der Waals surface area contributed by atoms with E-state index in [-0.39, 0.29) is 24.2 Å². The van der Waals surface area contributed by atoms with Crippen molar-refractivity contribution in [2.24, 2.45) is 11.8 Å². The van der Waals surface area contributed by atoms with Gasteiger partial charge in [0.1, 0.15) is 0 Å². The van der Waals surface area contributed by atoms with Crippen molar-refractivity contribution in [1.82, 2.24) is 5.32 Å². The maximum Gasteiger partial charge on any atom is 0.226 e. The molecule has 2 heterocycles. The Morgan fingerprint density at radius 2 is 2.07 bits per heavy atom. The fourth-order valence-electron chi connectivity index (χ4n) is 3.64. The van der Waals surface area contributed by atoms with Crippen LogP contribution in [-0.2, 0) is 22.6 Å². The summed E-state index contributed by atoms with van der Waals surface area (Å²) in [5, 5.41) is 8.04. The Morgan fingerprint density at radius 1 is 1.26 bits per heavy atom. The Morgan fingerprint density at radius 3 is 2.89 bits per heavy atom. The van der Waals surface area contributed by atoms with Gasteiger partial charge in [-0.2, -0.15) is 0 Å². The number of amides is 2. The molecular formula is C21H25N3O2S. The van der Waals surface area contributed by atoms with Crippen LogP contribution in [0.1, 0.15) is 30.2 Å². The molecule has 2 atom stereocenters. The van der Waals surface area contributed by atoms with Crippen molar-refractivity contribution in [3.63, 3.8) is 0 Å². The van der Waals surface area contributed by atoms with E-state index in [0.29, 0.717) is 12.5 Å². The van der Waals surface area contributed by atoms with Crippen molar-refractivity contribution in [1.29, 1.82) is 0 Å². The Balaban J connectivity index is 1.34. The molecule has 2 amide bonds. The standard InChI is InChI=1S/C21H25N3O2S/c1-14-12-16(14)21(26)22-9-6-20(25)23-17-4-2-3-5-18(17)24-10-7-19-15(13-24)8-11-27-19/h2-5,8,11,14,16H,6-7,9-10,12-13H2,1H3,(H,22,26)(H,23,25)/t14-,16-/m0/s1. The zero-order valence-electron chi connectivity index (χ0n) is 15.5. The number of anilines is 2. The Kier molecular flexibility index (Phi) is 5.16. The van der Waals surface area contributed by atoms with Crippen molar-refractivity contribution >= 4 is 34.5 Å². The highest BCUT2D eigenvalue weighted by Gasteiger charge is 2.38. The van der Waals surface area contributed by atoms with Crippen LogP contribution in [0.25, 0.3) is 0 Å². The summed E-state index contributed by atoms with van der Waals surface area (Å²) in [5.41, 5.74) is 3.27. The number of nitrogens with zero attached hydrogens (tertiary/aromatic N) is 1. The number of para-hydroxylation sites is 2. The number of nitrogens with one attached hydrogen (secondary N) is 2. The summed E-state index contributed by atoms with van der Waals surface area (Å²) >= 11 is 1.82. The highest BCUT2D eigenvalue weighted by Crippen LogP contribution is 2.37. The molecule has 1 aliphatic carbocycles. The summed E-state index contributed by atoms with van der Waals surface area (Å²) in [6, 6.07) is 10.1. The average Bonchev–Trinajstić information content (AvgIpc) is 3.22. The third-order valence-corrected chi connectivity index (χ3v) is 6.45. The Bertz CT molecular complexity index is 847. The van der Waals surface area contributed by atoms with Crippen LogP contribution in [0.3, 0.4) is 0 Å². The molecule has 0 spiro atoms. The van der Waals surface area contributed by atoms with Gasteiger partial charge in [0.2, 0.25) is 11.8 Å². The number of hydrogen-bond donors (Lipinski definition) is 2. The van der Waals surface area contributed by atoms with Gasteiger partial charge in [0.05, 0.1) is 11.4 Å². The normalized spacial score (nSPS) is 20.7. The molecule has 2 aromatic rings. The van der Waals surface area contributed by atoms with Crippen molar-refractivity contribution < 1.29 is 9.59 Å². The summed E-state index contributed by atoms with van der Waals surface area (Å²) in [7, 11) is 0. The van der Waals surface area contributed by atoms with Crippen LogP contribution >= 0.6 is 11.3 Å². The molecule has 0 saturated heterocycles. The second-order valence-electron chi connectivity index (χ2n) is 7.47. The highest BCUT2D eigenvalue weighted by molar-refractivity contribution is 7.10. The first-order valence-electron chi connectivity index (χ1n) is 9.58. The van der Waals surface area contributed by atoms with Crippen molar-refractivity contribution in [2.75, 3.05) is 23.3 Å².